The molecule has 0 saturated heterocycles. The summed E-state index contributed by atoms with van der Waals surface area (Å²) >= 11 is 0. The molecular weight excluding hydrogens is 440 g/mol. The zero-order valence-electron chi connectivity index (χ0n) is 21.5. The number of aryl methyl sites for hydroxylation is 2. The van der Waals surface area contributed by atoms with Gasteiger partial charge in [-0.2, -0.15) is 0 Å². The van der Waals surface area contributed by atoms with Crippen LogP contribution >= 0.6 is 0 Å². The third-order valence-corrected chi connectivity index (χ3v) is 8.39. The fraction of sp³-hybridized carbons (Fsp3) is 0.621. The zero-order valence-corrected chi connectivity index (χ0v) is 21.5. The molecule has 0 amide bonds. The Hall–Kier alpha value is -2.63. The molecule has 4 fully saturated rings. The van der Waals surface area contributed by atoms with E-state index in [4.69, 9.17) is 9.72 Å². The molecule has 4 bridgehead atoms. The largest absolute Gasteiger partial charge is 0.477 e. The topological polar surface area (TPSA) is 81.4 Å². The second kappa shape index (κ2) is 8.79. The number of aromatic nitrogens is 2. The van der Waals surface area contributed by atoms with Crippen molar-refractivity contribution in [3.05, 3.63) is 41.2 Å². The van der Waals surface area contributed by atoms with Crippen LogP contribution in [0.25, 0.3) is 11.4 Å². The second-order valence-corrected chi connectivity index (χ2v) is 12.4. The van der Waals surface area contributed by atoms with E-state index >= 15 is 0 Å². The minimum absolute atomic E-state index is 0.124. The molecule has 1 aromatic carbocycles. The molecule has 4 aliphatic carbocycles. The molecule has 6 rings (SSSR count). The Morgan fingerprint density at radius 3 is 2.23 bits per heavy atom. The van der Waals surface area contributed by atoms with Crippen LogP contribution in [0.1, 0.15) is 87.5 Å². The average molecular weight is 479 g/mol. The highest BCUT2D eigenvalue weighted by Crippen LogP contribution is 2.61. The first-order valence-electron chi connectivity index (χ1n) is 13.1. The highest BCUT2D eigenvalue weighted by atomic mass is 16.6. The predicted octanol–water partition coefficient (Wildman–Crippen LogP) is 6.05. The van der Waals surface area contributed by atoms with Gasteiger partial charge in [-0.1, -0.05) is 24.3 Å². The van der Waals surface area contributed by atoms with Gasteiger partial charge in [-0.25, -0.2) is 9.78 Å². The van der Waals surface area contributed by atoms with Crippen molar-refractivity contribution in [2.24, 2.45) is 23.2 Å². The van der Waals surface area contributed by atoms with E-state index in [0.29, 0.717) is 23.4 Å². The first kappa shape index (κ1) is 24.1. The molecule has 1 heterocycles. The minimum atomic E-state index is -1.04. The molecule has 2 aromatic rings. The van der Waals surface area contributed by atoms with Gasteiger partial charge in [-0.05, 0) is 108 Å². The number of aromatic carboxylic acids is 1. The van der Waals surface area contributed by atoms with Crippen molar-refractivity contribution in [3.63, 3.8) is 0 Å². The summed E-state index contributed by atoms with van der Waals surface area (Å²) in [5.74, 6) is 1.60. The molecule has 0 atom stereocenters. The lowest BCUT2D eigenvalue weighted by Gasteiger charge is -2.57. The smallest absolute Gasteiger partial charge is 0.354 e. The van der Waals surface area contributed by atoms with Crippen LogP contribution in [0.15, 0.2) is 24.3 Å². The first-order valence-corrected chi connectivity index (χ1v) is 13.1. The van der Waals surface area contributed by atoms with Gasteiger partial charge in [0.05, 0.1) is 5.69 Å². The molecule has 0 aliphatic heterocycles. The summed E-state index contributed by atoms with van der Waals surface area (Å²) in [6, 6.07) is 7.80. The number of nitrogens with zero attached hydrogens (tertiary/aromatic N) is 2. The molecule has 1 N–H and O–H groups in total. The number of carbonyl (C=O) groups is 2. The minimum Gasteiger partial charge on any atom is -0.477 e. The highest BCUT2D eigenvalue weighted by Gasteiger charge is 2.50. The maximum atomic E-state index is 12.8. The van der Waals surface area contributed by atoms with Crippen molar-refractivity contribution >= 4 is 11.9 Å². The van der Waals surface area contributed by atoms with Crippen molar-refractivity contribution in [1.29, 1.82) is 0 Å². The van der Waals surface area contributed by atoms with Crippen molar-refractivity contribution < 1.29 is 19.4 Å². The number of imidazole rings is 1. The van der Waals surface area contributed by atoms with Crippen molar-refractivity contribution in [1.82, 2.24) is 9.55 Å². The van der Waals surface area contributed by atoms with Crippen LogP contribution in [0.4, 0.5) is 0 Å². The fourth-order valence-corrected chi connectivity index (χ4v) is 7.58. The normalized spacial score (nSPS) is 27.3. The van der Waals surface area contributed by atoms with E-state index in [2.05, 4.69) is 0 Å². The Morgan fingerprint density at radius 2 is 1.69 bits per heavy atom. The van der Waals surface area contributed by atoms with Gasteiger partial charge in [0.1, 0.15) is 18.0 Å². The summed E-state index contributed by atoms with van der Waals surface area (Å²) < 4.78 is 7.11. The van der Waals surface area contributed by atoms with Crippen LogP contribution < -0.4 is 0 Å². The van der Waals surface area contributed by atoms with E-state index in [1.165, 1.54) is 38.5 Å². The SMILES string of the molecule is Cc1ccccc1-c1nc(CCC23CC4CC(CC(C4)C2)C3)c(C(=O)O)n1CC(=O)OC(C)(C)C. The summed E-state index contributed by atoms with van der Waals surface area (Å²) in [6.07, 6.45) is 9.63. The van der Waals surface area contributed by atoms with Gasteiger partial charge in [-0.15, -0.1) is 0 Å². The lowest BCUT2D eigenvalue weighted by molar-refractivity contribution is -0.155. The zero-order chi connectivity index (χ0) is 25.0. The van der Waals surface area contributed by atoms with Crippen LogP contribution in [0, 0.1) is 30.1 Å². The van der Waals surface area contributed by atoms with E-state index in [1.54, 1.807) is 4.57 Å². The van der Waals surface area contributed by atoms with Gasteiger partial charge in [0, 0.05) is 5.56 Å². The van der Waals surface area contributed by atoms with Gasteiger partial charge in [-0.3, -0.25) is 4.79 Å². The van der Waals surface area contributed by atoms with Crippen molar-refractivity contribution in [2.75, 3.05) is 0 Å². The molecule has 4 aliphatic rings. The Labute approximate surface area is 208 Å². The van der Waals surface area contributed by atoms with E-state index in [-0.39, 0.29) is 12.2 Å². The fourth-order valence-electron chi connectivity index (χ4n) is 7.58. The number of benzene rings is 1. The van der Waals surface area contributed by atoms with Gasteiger partial charge in [0.2, 0.25) is 0 Å². The monoisotopic (exact) mass is 478 g/mol. The molecule has 6 nitrogen and oxygen atoms in total. The molecule has 35 heavy (non-hydrogen) atoms. The molecular formula is C29H38N2O4. The number of esters is 1. The number of hydrogen-bond donors (Lipinski definition) is 1. The maximum absolute atomic E-state index is 12.8. The molecule has 188 valence electrons. The molecule has 1 aromatic heterocycles. The van der Waals surface area contributed by atoms with E-state index in [1.807, 2.05) is 52.0 Å². The number of carbonyl (C=O) groups excluding carboxylic acids is 1. The summed E-state index contributed by atoms with van der Waals surface area (Å²) in [5, 5.41) is 10.3. The van der Waals surface area contributed by atoms with Crippen LogP contribution in [0.2, 0.25) is 0 Å². The highest BCUT2D eigenvalue weighted by molar-refractivity contribution is 5.89. The number of hydrogen-bond acceptors (Lipinski definition) is 4. The molecule has 0 unspecified atom stereocenters. The van der Waals surface area contributed by atoms with Gasteiger partial charge >= 0.3 is 11.9 Å². The van der Waals surface area contributed by atoms with E-state index < -0.39 is 17.5 Å². The molecule has 0 radical (unpaired) electrons. The van der Waals surface area contributed by atoms with Crippen molar-refractivity contribution in [3.8, 4) is 11.4 Å². The van der Waals surface area contributed by atoms with Crippen LogP contribution in [-0.2, 0) is 22.5 Å². The lowest BCUT2D eigenvalue weighted by atomic mass is 9.48. The third-order valence-electron chi connectivity index (χ3n) is 8.39. The predicted molar refractivity (Wildman–Crippen MR) is 134 cm³/mol. The van der Waals surface area contributed by atoms with Crippen LogP contribution in [0.5, 0.6) is 0 Å². The Morgan fingerprint density at radius 1 is 1.09 bits per heavy atom. The van der Waals surface area contributed by atoms with Gasteiger partial charge in [0.25, 0.3) is 0 Å². The Kier molecular flexibility index (Phi) is 6.05. The van der Waals surface area contributed by atoms with Gasteiger partial charge in [0.15, 0.2) is 5.69 Å². The first-order chi connectivity index (χ1) is 16.5. The molecule has 0 spiro atoms. The van der Waals surface area contributed by atoms with Crippen LogP contribution in [-0.4, -0.2) is 32.2 Å². The Balaban J connectivity index is 1.49. The number of rotatable bonds is 7. The maximum Gasteiger partial charge on any atom is 0.354 e. The summed E-state index contributed by atoms with van der Waals surface area (Å²) in [6.45, 7) is 7.26. The standard InChI is InChI=1S/C29H38N2O4/c1-18-7-5-6-8-22(18)26-30-23(25(27(33)34)31(26)17-24(32)35-28(2,3)4)9-10-29-14-19-11-20(15-29)13-21(12-19)16-29/h5-8,19-21H,9-17H2,1-4H3,(H,33,34). The number of ether oxygens (including phenoxy) is 1. The second-order valence-electron chi connectivity index (χ2n) is 12.4. The van der Waals surface area contributed by atoms with E-state index in [9.17, 15) is 14.7 Å². The summed E-state index contributed by atoms with van der Waals surface area (Å²) in [5.41, 5.74) is 2.24. The lowest BCUT2D eigenvalue weighted by Crippen LogP contribution is -2.46. The number of carboxylic acid groups (broad SMARTS) is 1. The van der Waals surface area contributed by atoms with E-state index in [0.717, 1.165) is 35.3 Å². The molecule has 6 heteroatoms. The van der Waals surface area contributed by atoms with Crippen LogP contribution in [0.3, 0.4) is 0 Å². The number of carboxylic acids is 1. The average Bonchev–Trinajstić information content (AvgIpc) is 3.08. The molecule has 4 saturated carbocycles. The van der Waals surface area contributed by atoms with Gasteiger partial charge < -0.3 is 14.4 Å². The quantitative estimate of drug-likeness (QED) is 0.490. The summed E-state index contributed by atoms with van der Waals surface area (Å²) in [4.78, 5) is 30.3. The Bertz CT molecular complexity index is 1100. The summed E-state index contributed by atoms with van der Waals surface area (Å²) in [7, 11) is 0. The van der Waals surface area contributed by atoms with Crippen molar-refractivity contribution in [2.45, 2.75) is 91.2 Å². The third kappa shape index (κ3) is 4.89.